The number of anilines is 1. The standard InChI is InChI=1S/C30H31FN4O2/c1-36-26-12-5-20(6-13-26)18-37-19-25-11-14-28-34-29(21-7-9-23(31)10-8-21)30(35(25)28)22-15-16-32-27(17-22)33-24-3-2-4-24/h5-10,12-13,15-17,24-25H,2-4,11,14,18-19H2,1H3,(H,32,33)/t25-/m1/s1. The van der Waals surface area contributed by atoms with Crippen LogP contribution >= 0.6 is 0 Å². The molecule has 1 atom stereocenters. The smallest absolute Gasteiger partial charge is 0.126 e. The molecule has 0 unspecified atom stereocenters. The van der Waals surface area contributed by atoms with Crippen molar-refractivity contribution in [2.75, 3.05) is 19.0 Å². The van der Waals surface area contributed by atoms with Crippen LogP contribution in [0.3, 0.4) is 0 Å². The topological polar surface area (TPSA) is 61.2 Å². The maximum Gasteiger partial charge on any atom is 0.126 e. The molecule has 37 heavy (non-hydrogen) atoms. The van der Waals surface area contributed by atoms with E-state index in [1.165, 1.54) is 31.4 Å². The van der Waals surface area contributed by atoms with Gasteiger partial charge in [0, 0.05) is 29.8 Å². The van der Waals surface area contributed by atoms with Gasteiger partial charge in [0.15, 0.2) is 0 Å². The first-order chi connectivity index (χ1) is 18.2. The van der Waals surface area contributed by atoms with Crippen molar-refractivity contribution in [2.24, 2.45) is 0 Å². The lowest BCUT2D eigenvalue weighted by Gasteiger charge is -2.27. The van der Waals surface area contributed by atoms with Crippen molar-refractivity contribution >= 4 is 5.82 Å². The molecule has 6 rings (SSSR count). The van der Waals surface area contributed by atoms with Crippen molar-refractivity contribution in [3.05, 3.63) is 84.1 Å². The summed E-state index contributed by atoms with van der Waals surface area (Å²) in [5.74, 6) is 2.51. The number of hydrogen-bond acceptors (Lipinski definition) is 5. The van der Waals surface area contributed by atoms with Gasteiger partial charge in [-0.15, -0.1) is 0 Å². The number of aryl methyl sites for hydroxylation is 1. The second kappa shape index (κ2) is 10.3. The number of nitrogens with zero attached hydrogens (tertiary/aromatic N) is 3. The Kier molecular flexibility index (Phi) is 6.62. The number of nitrogens with one attached hydrogen (secondary N) is 1. The summed E-state index contributed by atoms with van der Waals surface area (Å²) in [6.45, 7) is 1.12. The van der Waals surface area contributed by atoms with Gasteiger partial charge in [0.1, 0.15) is 23.2 Å². The number of halogens is 1. The zero-order chi connectivity index (χ0) is 25.2. The molecule has 0 radical (unpaired) electrons. The lowest BCUT2D eigenvalue weighted by atomic mass is 9.93. The molecule has 2 aromatic heterocycles. The lowest BCUT2D eigenvalue weighted by Crippen LogP contribution is -2.27. The van der Waals surface area contributed by atoms with E-state index in [1.807, 2.05) is 36.5 Å². The van der Waals surface area contributed by atoms with Crippen LogP contribution in [-0.4, -0.2) is 34.3 Å². The molecule has 0 bridgehead atoms. The first kappa shape index (κ1) is 23.7. The third kappa shape index (κ3) is 4.96. The number of hydrogen-bond donors (Lipinski definition) is 1. The number of ether oxygens (including phenoxy) is 2. The summed E-state index contributed by atoms with van der Waals surface area (Å²) in [6.07, 6.45) is 7.34. The third-order valence-electron chi connectivity index (χ3n) is 7.40. The van der Waals surface area contributed by atoms with Crippen LogP contribution in [0.5, 0.6) is 5.75 Å². The molecule has 2 aliphatic rings. The van der Waals surface area contributed by atoms with E-state index in [9.17, 15) is 4.39 Å². The molecule has 0 amide bonds. The van der Waals surface area contributed by atoms with E-state index in [0.29, 0.717) is 19.3 Å². The van der Waals surface area contributed by atoms with Crippen molar-refractivity contribution in [1.82, 2.24) is 14.5 Å². The average Bonchev–Trinajstić information content (AvgIpc) is 3.47. The van der Waals surface area contributed by atoms with Crippen LogP contribution in [0.1, 0.15) is 43.1 Å². The molecule has 6 nitrogen and oxygen atoms in total. The molecule has 4 aromatic rings. The molecular formula is C30H31FN4O2. The van der Waals surface area contributed by atoms with Crippen LogP contribution in [0, 0.1) is 5.82 Å². The predicted octanol–water partition coefficient (Wildman–Crippen LogP) is 6.43. The first-order valence-corrected chi connectivity index (χ1v) is 13.0. The normalized spacial score (nSPS) is 16.9. The molecule has 1 saturated carbocycles. The Morgan fingerprint density at radius 1 is 1.00 bits per heavy atom. The van der Waals surface area contributed by atoms with E-state index in [-0.39, 0.29) is 11.9 Å². The molecule has 3 heterocycles. The molecule has 7 heteroatoms. The highest BCUT2D eigenvalue weighted by molar-refractivity contribution is 5.80. The number of aromatic nitrogens is 3. The maximum absolute atomic E-state index is 13.7. The van der Waals surface area contributed by atoms with Gasteiger partial charge in [-0.05, 0) is 79.8 Å². The van der Waals surface area contributed by atoms with Crippen molar-refractivity contribution in [1.29, 1.82) is 0 Å². The number of imidazole rings is 1. The van der Waals surface area contributed by atoms with Crippen LogP contribution < -0.4 is 10.1 Å². The van der Waals surface area contributed by atoms with Gasteiger partial charge in [0.05, 0.1) is 37.8 Å². The fraction of sp³-hybridized carbons (Fsp3) is 0.333. The highest BCUT2D eigenvalue weighted by atomic mass is 19.1. The summed E-state index contributed by atoms with van der Waals surface area (Å²) < 4.78 is 27.5. The Morgan fingerprint density at radius 3 is 2.54 bits per heavy atom. The summed E-state index contributed by atoms with van der Waals surface area (Å²) in [5, 5.41) is 3.56. The van der Waals surface area contributed by atoms with E-state index in [1.54, 1.807) is 19.2 Å². The summed E-state index contributed by atoms with van der Waals surface area (Å²) in [6, 6.07) is 19.4. The number of methoxy groups -OCH3 is 1. The van der Waals surface area contributed by atoms with Crippen LogP contribution in [-0.2, 0) is 17.8 Å². The van der Waals surface area contributed by atoms with Gasteiger partial charge in [-0.2, -0.15) is 0 Å². The van der Waals surface area contributed by atoms with Crippen LogP contribution in [0.25, 0.3) is 22.5 Å². The summed E-state index contributed by atoms with van der Waals surface area (Å²) in [4.78, 5) is 9.62. The molecule has 1 fully saturated rings. The van der Waals surface area contributed by atoms with E-state index in [4.69, 9.17) is 14.5 Å². The van der Waals surface area contributed by atoms with E-state index in [2.05, 4.69) is 20.9 Å². The zero-order valence-electron chi connectivity index (χ0n) is 21.0. The molecule has 1 aliphatic heterocycles. The van der Waals surface area contributed by atoms with Gasteiger partial charge < -0.3 is 19.4 Å². The largest absolute Gasteiger partial charge is 0.497 e. The minimum atomic E-state index is -0.252. The van der Waals surface area contributed by atoms with Crippen LogP contribution in [0.15, 0.2) is 66.9 Å². The van der Waals surface area contributed by atoms with Gasteiger partial charge >= 0.3 is 0 Å². The molecule has 0 spiro atoms. The third-order valence-corrected chi connectivity index (χ3v) is 7.40. The van der Waals surface area contributed by atoms with E-state index in [0.717, 1.165) is 58.3 Å². The zero-order valence-corrected chi connectivity index (χ0v) is 21.0. The molecule has 2 aromatic carbocycles. The SMILES string of the molecule is COc1ccc(COC[C@H]2CCc3nc(-c4ccc(F)cc4)c(-c4ccnc(NC5CCC5)c4)n32)cc1. The van der Waals surface area contributed by atoms with Crippen LogP contribution in [0.4, 0.5) is 10.2 Å². The first-order valence-electron chi connectivity index (χ1n) is 13.0. The van der Waals surface area contributed by atoms with Crippen molar-refractivity contribution in [2.45, 2.75) is 50.8 Å². The van der Waals surface area contributed by atoms with Crippen molar-refractivity contribution < 1.29 is 13.9 Å². The van der Waals surface area contributed by atoms with Gasteiger partial charge in [-0.1, -0.05) is 12.1 Å². The molecule has 1 N–H and O–H groups in total. The number of benzene rings is 2. The monoisotopic (exact) mass is 498 g/mol. The Balaban J connectivity index is 1.30. The van der Waals surface area contributed by atoms with E-state index < -0.39 is 0 Å². The Labute approximate surface area is 216 Å². The van der Waals surface area contributed by atoms with Crippen molar-refractivity contribution in [3.8, 4) is 28.3 Å². The number of fused-ring (bicyclic) bond motifs is 1. The minimum absolute atomic E-state index is 0.168. The Hall–Kier alpha value is -3.71. The number of pyridine rings is 1. The van der Waals surface area contributed by atoms with Gasteiger partial charge in [-0.3, -0.25) is 0 Å². The Bertz CT molecular complexity index is 1360. The predicted molar refractivity (Wildman–Crippen MR) is 142 cm³/mol. The summed E-state index contributed by atoms with van der Waals surface area (Å²) >= 11 is 0. The Morgan fingerprint density at radius 2 is 1.81 bits per heavy atom. The van der Waals surface area contributed by atoms with Gasteiger partial charge in [-0.25, -0.2) is 14.4 Å². The quantitative estimate of drug-likeness (QED) is 0.288. The minimum Gasteiger partial charge on any atom is -0.497 e. The van der Waals surface area contributed by atoms with Crippen molar-refractivity contribution in [3.63, 3.8) is 0 Å². The molecule has 0 saturated heterocycles. The lowest BCUT2D eigenvalue weighted by molar-refractivity contribution is 0.0925. The number of rotatable bonds is 9. The van der Waals surface area contributed by atoms with E-state index >= 15 is 0 Å². The maximum atomic E-state index is 13.7. The highest BCUT2D eigenvalue weighted by Gasteiger charge is 2.30. The second-order valence-electron chi connectivity index (χ2n) is 9.86. The highest BCUT2D eigenvalue weighted by Crippen LogP contribution is 2.40. The summed E-state index contributed by atoms with van der Waals surface area (Å²) in [5.41, 5.74) is 4.98. The molecule has 190 valence electrons. The average molecular weight is 499 g/mol. The van der Waals surface area contributed by atoms with Gasteiger partial charge in [0.25, 0.3) is 0 Å². The molecule has 1 aliphatic carbocycles. The van der Waals surface area contributed by atoms with Gasteiger partial charge in [0.2, 0.25) is 0 Å². The second-order valence-corrected chi connectivity index (χ2v) is 9.86. The summed E-state index contributed by atoms with van der Waals surface area (Å²) in [7, 11) is 1.67. The fourth-order valence-corrected chi connectivity index (χ4v) is 5.17. The molecular weight excluding hydrogens is 467 g/mol. The van der Waals surface area contributed by atoms with Crippen LogP contribution in [0.2, 0.25) is 0 Å². The fourth-order valence-electron chi connectivity index (χ4n) is 5.17.